The number of carbonyl (C=O) groups is 1. The number of hydrogen-bond donors (Lipinski definition) is 2. The summed E-state index contributed by atoms with van der Waals surface area (Å²) in [7, 11) is 0. The molecule has 2 aromatic rings. The first kappa shape index (κ1) is 14.9. The minimum absolute atomic E-state index is 0.224. The van der Waals surface area contributed by atoms with Gasteiger partial charge in [0.1, 0.15) is 11.3 Å². The summed E-state index contributed by atoms with van der Waals surface area (Å²) in [6.07, 6.45) is 0.803. The average molecular weight is 294 g/mol. The van der Waals surface area contributed by atoms with Gasteiger partial charge in [-0.15, -0.1) is 0 Å². The number of aromatic nitrogens is 2. The quantitative estimate of drug-likeness (QED) is 0.765. The minimum atomic E-state index is -0.947. The predicted octanol–water partition coefficient (Wildman–Crippen LogP) is 2.16. The van der Waals surface area contributed by atoms with Crippen LogP contribution in [0.5, 0.6) is 0 Å². The zero-order chi connectivity index (χ0) is 14.5. The number of aromatic carboxylic acids is 1. The monoisotopic (exact) mass is 294 g/mol. The summed E-state index contributed by atoms with van der Waals surface area (Å²) >= 11 is 1.78. The number of imidazole rings is 1. The zero-order valence-corrected chi connectivity index (χ0v) is 12.2. The van der Waals surface area contributed by atoms with E-state index >= 15 is 0 Å². The summed E-state index contributed by atoms with van der Waals surface area (Å²) in [5.74, 6) is 1.74. The van der Waals surface area contributed by atoms with Crippen molar-refractivity contribution in [1.29, 1.82) is 0 Å². The standard InChI is InChI=1S/C14H18N2O3S/c1-10-15-13-11(14(18)19)4-2-5-12(13)16(10)6-9-20-8-3-7-17/h2,4-5,17H,3,6-9H2,1H3,(H,18,19). The summed E-state index contributed by atoms with van der Waals surface area (Å²) in [4.78, 5) is 15.6. The van der Waals surface area contributed by atoms with E-state index in [1.54, 1.807) is 23.9 Å². The Kier molecular flexibility index (Phi) is 5.03. The Bertz CT molecular complexity index is 610. The van der Waals surface area contributed by atoms with Crippen LogP contribution >= 0.6 is 11.8 Å². The summed E-state index contributed by atoms with van der Waals surface area (Å²) in [5, 5.41) is 17.9. The van der Waals surface area contributed by atoms with E-state index < -0.39 is 5.97 Å². The highest BCUT2D eigenvalue weighted by Crippen LogP contribution is 2.20. The third-order valence-corrected chi connectivity index (χ3v) is 4.15. The minimum Gasteiger partial charge on any atom is -0.478 e. The molecule has 0 unspecified atom stereocenters. The van der Waals surface area contributed by atoms with E-state index in [4.69, 9.17) is 5.11 Å². The van der Waals surface area contributed by atoms with Crippen LogP contribution in [0.15, 0.2) is 18.2 Å². The maximum absolute atomic E-state index is 11.2. The maximum Gasteiger partial charge on any atom is 0.337 e. The molecule has 0 saturated heterocycles. The molecule has 0 aliphatic heterocycles. The number of thioether (sulfide) groups is 1. The summed E-state index contributed by atoms with van der Waals surface area (Å²) in [6.45, 7) is 2.91. The van der Waals surface area contributed by atoms with Gasteiger partial charge in [0, 0.05) is 18.9 Å². The van der Waals surface area contributed by atoms with Crippen molar-refractivity contribution in [2.24, 2.45) is 0 Å². The Hall–Kier alpha value is -1.53. The molecule has 0 saturated carbocycles. The second kappa shape index (κ2) is 6.76. The van der Waals surface area contributed by atoms with Crippen molar-refractivity contribution in [3.8, 4) is 0 Å². The average Bonchev–Trinajstić information content (AvgIpc) is 2.74. The van der Waals surface area contributed by atoms with Crippen LogP contribution in [0.4, 0.5) is 0 Å². The number of aryl methyl sites for hydroxylation is 2. The molecule has 0 aliphatic carbocycles. The Morgan fingerprint density at radius 3 is 2.90 bits per heavy atom. The van der Waals surface area contributed by atoms with E-state index in [2.05, 4.69) is 4.98 Å². The third kappa shape index (κ3) is 3.13. The molecule has 2 N–H and O–H groups in total. The molecule has 20 heavy (non-hydrogen) atoms. The number of fused-ring (bicyclic) bond motifs is 1. The smallest absolute Gasteiger partial charge is 0.337 e. The molecule has 2 rings (SSSR count). The molecule has 6 heteroatoms. The fourth-order valence-corrected chi connectivity index (χ4v) is 2.99. The molecule has 108 valence electrons. The van der Waals surface area contributed by atoms with Gasteiger partial charge in [0.2, 0.25) is 0 Å². The highest BCUT2D eigenvalue weighted by molar-refractivity contribution is 7.99. The Balaban J connectivity index is 2.19. The molecule has 0 radical (unpaired) electrons. The molecule has 5 nitrogen and oxygen atoms in total. The van der Waals surface area contributed by atoms with Crippen LogP contribution in [0.25, 0.3) is 11.0 Å². The lowest BCUT2D eigenvalue weighted by atomic mass is 10.2. The van der Waals surface area contributed by atoms with Crippen molar-refractivity contribution < 1.29 is 15.0 Å². The molecule has 1 aromatic heterocycles. The molecule has 0 aliphatic rings. The van der Waals surface area contributed by atoms with Crippen LogP contribution in [-0.2, 0) is 6.54 Å². The van der Waals surface area contributed by atoms with Gasteiger partial charge in [0.05, 0.1) is 11.1 Å². The fraction of sp³-hybridized carbons (Fsp3) is 0.429. The summed E-state index contributed by atoms with van der Waals surface area (Å²) in [6, 6.07) is 5.24. The molecular formula is C14H18N2O3S. The van der Waals surface area contributed by atoms with Crippen molar-refractivity contribution in [1.82, 2.24) is 9.55 Å². The SMILES string of the molecule is Cc1nc2c(C(=O)O)cccc2n1CCSCCCO. The van der Waals surface area contributed by atoms with Gasteiger partial charge in [-0.25, -0.2) is 9.78 Å². The van der Waals surface area contributed by atoms with Crippen molar-refractivity contribution in [2.75, 3.05) is 18.1 Å². The maximum atomic E-state index is 11.2. The molecule has 0 spiro atoms. The van der Waals surface area contributed by atoms with Crippen LogP contribution in [0.2, 0.25) is 0 Å². The second-order valence-corrected chi connectivity index (χ2v) is 5.70. The van der Waals surface area contributed by atoms with Crippen molar-refractivity contribution in [2.45, 2.75) is 19.9 Å². The Labute approximate surface area is 121 Å². The van der Waals surface area contributed by atoms with E-state index in [1.165, 1.54) is 0 Å². The van der Waals surface area contributed by atoms with Gasteiger partial charge in [-0.2, -0.15) is 11.8 Å². The van der Waals surface area contributed by atoms with Gasteiger partial charge in [-0.3, -0.25) is 0 Å². The lowest BCUT2D eigenvalue weighted by molar-refractivity contribution is 0.0699. The highest BCUT2D eigenvalue weighted by atomic mass is 32.2. The molecule has 1 heterocycles. The van der Waals surface area contributed by atoms with Gasteiger partial charge in [0.15, 0.2) is 0 Å². The lowest BCUT2D eigenvalue weighted by Gasteiger charge is -2.06. The van der Waals surface area contributed by atoms with Gasteiger partial charge in [0.25, 0.3) is 0 Å². The topological polar surface area (TPSA) is 75.3 Å². The normalized spacial score (nSPS) is 11.1. The number of rotatable bonds is 7. The first-order chi connectivity index (χ1) is 9.65. The van der Waals surface area contributed by atoms with Crippen LogP contribution in [0, 0.1) is 6.92 Å². The number of carboxylic acid groups (broad SMARTS) is 1. The molecule has 0 bridgehead atoms. The van der Waals surface area contributed by atoms with Crippen molar-refractivity contribution in [3.05, 3.63) is 29.6 Å². The number of aliphatic hydroxyl groups is 1. The molecule has 1 aromatic carbocycles. The largest absolute Gasteiger partial charge is 0.478 e. The van der Waals surface area contributed by atoms with Crippen LogP contribution < -0.4 is 0 Å². The van der Waals surface area contributed by atoms with E-state index in [0.717, 1.165) is 35.8 Å². The van der Waals surface area contributed by atoms with E-state index in [-0.39, 0.29) is 12.2 Å². The predicted molar refractivity (Wildman–Crippen MR) is 80.5 cm³/mol. The Morgan fingerprint density at radius 1 is 1.40 bits per heavy atom. The van der Waals surface area contributed by atoms with Gasteiger partial charge in [-0.05, 0) is 31.2 Å². The van der Waals surface area contributed by atoms with E-state index in [9.17, 15) is 9.90 Å². The summed E-state index contributed by atoms with van der Waals surface area (Å²) in [5.41, 5.74) is 1.67. The zero-order valence-electron chi connectivity index (χ0n) is 11.4. The van der Waals surface area contributed by atoms with Crippen LogP contribution in [0.3, 0.4) is 0 Å². The van der Waals surface area contributed by atoms with Crippen LogP contribution in [-0.4, -0.2) is 43.8 Å². The van der Waals surface area contributed by atoms with Gasteiger partial charge < -0.3 is 14.8 Å². The molecule has 0 fully saturated rings. The number of hydrogen-bond acceptors (Lipinski definition) is 4. The first-order valence-corrected chi connectivity index (χ1v) is 7.68. The number of aliphatic hydroxyl groups excluding tert-OH is 1. The van der Waals surface area contributed by atoms with E-state index in [1.807, 2.05) is 17.6 Å². The van der Waals surface area contributed by atoms with Crippen LogP contribution in [0.1, 0.15) is 22.6 Å². The molecule has 0 atom stereocenters. The number of carboxylic acids is 1. The third-order valence-electron chi connectivity index (χ3n) is 3.11. The molecular weight excluding hydrogens is 276 g/mol. The fourth-order valence-electron chi connectivity index (χ4n) is 2.14. The number of benzene rings is 1. The van der Waals surface area contributed by atoms with Gasteiger partial charge in [-0.1, -0.05) is 6.07 Å². The first-order valence-electron chi connectivity index (χ1n) is 6.53. The van der Waals surface area contributed by atoms with Crippen molar-refractivity contribution in [3.63, 3.8) is 0 Å². The number of para-hydroxylation sites is 1. The highest BCUT2D eigenvalue weighted by Gasteiger charge is 2.14. The number of nitrogens with zero attached hydrogens (tertiary/aromatic N) is 2. The van der Waals surface area contributed by atoms with Gasteiger partial charge >= 0.3 is 5.97 Å². The lowest BCUT2D eigenvalue weighted by Crippen LogP contribution is -2.03. The summed E-state index contributed by atoms with van der Waals surface area (Å²) < 4.78 is 2.05. The molecule has 0 amide bonds. The Morgan fingerprint density at radius 2 is 2.20 bits per heavy atom. The second-order valence-electron chi connectivity index (χ2n) is 4.48. The van der Waals surface area contributed by atoms with E-state index in [0.29, 0.717) is 5.52 Å². The van der Waals surface area contributed by atoms with Crippen molar-refractivity contribution >= 4 is 28.8 Å².